The zero-order chi connectivity index (χ0) is 19.0. The van der Waals surface area contributed by atoms with Gasteiger partial charge >= 0.3 is 0 Å². The smallest absolute Gasteiger partial charge is 0.179 e. The van der Waals surface area contributed by atoms with E-state index in [9.17, 15) is 0 Å². The summed E-state index contributed by atoms with van der Waals surface area (Å²) in [6.45, 7) is 5.67. The van der Waals surface area contributed by atoms with Crippen molar-refractivity contribution >= 4 is 28.5 Å². The summed E-state index contributed by atoms with van der Waals surface area (Å²) >= 11 is 8.35. The van der Waals surface area contributed by atoms with E-state index in [1.807, 2.05) is 55.2 Å². The van der Waals surface area contributed by atoms with Crippen LogP contribution in [-0.4, -0.2) is 40.6 Å². The quantitative estimate of drug-likeness (QED) is 0.722. The number of nitrogens with zero attached hydrogens (tertiary/aromatic N) is 3. The third-order valence-corrected chi connectivity index (χ3v) is 6.14. The number of rotatable bonds is 5. The van der Waals surface area contributed by atoms with Crippen LogP contribution >= 0.6 is 23.4 Å². The van der Waals surface area contributed by atoms with Crippen LogP contribution in [-0.2, 0) is 0 Å². The van der Waals surface area contributed by atoms with E-state index in [0.29, 0.717) is 28.4 Å². The number of aliphatic imine (C=N–C) groups is 1. The van der Waals surface area contributed by atoms with Crippen LogP contribution in [0.2, 0.25) is 5.02 Å². The second-order valence-electron chi connectivity index (χ2n) is 6.60. The molecule has 3 unspecified atom stereocenters. The van der Waals surface area contributed by atoms with Gasteiger partial charge in [-0.25, -0.2) is 0 Å². The molecule has 7 heteroatoms. The molecule has 0 aliphatic carbocycles. The largest absolute Gasteiger partial charge is 0.491 e. The van der Waals surface area contributed by atoms with Crippen molar-refractivity contribution in [2.24, 2.45) is 4.99 Å². The molecular weight excluding hydrogens is 382 g/mol. The van der Waals surface area contributed by atoms with Gasteiger partial charge in [0.2, 0.25) is 0 Å². The molecule has 0 saturated carbocycles. The first-order chi connectivity index (χ1) is 13.1. The summed E-state index contributed by atoms with van der Waals surface area (Å²) in [5.74, 6) is 1.23. The number of hydrogen-bond donors (Lipinski definition) is 0. The molecular formula is C20H22ClN3O2S. The molecule has 1 aromatic carbocycles. The first-order valence-corrected chi connectivity index (χ1v) is 10.3. The van der Waals surface area contributed by atoms with Gasteiger partial charge < -0.3 is 14.4 Å². The van der Waals surface area contributed by atoms with Crippen LogP contribution in [0.25, 0.3) is 0 Å². The summed E-state index contributed by atoms with van der Waals surface area (Å²) in [6.07, 6.45) is 1.82. The van der Waals surface area contributed by atoms with Gasteiger partial charge in [-0.2, -0.15) is 0 Å². The summed E-state index contributed by atoms with van der Waals surface area (Å²) in [5, 5.41) is 2.13. The number of aromatic nitrogens is 1. The Morgan fingerprint density at radius 2 is 2.19 bits per heavy atom. The van der Waals surface area contributed by atoms with Gasteiger partial charge in [0.1, 0.15) is 6.04 Å². The van der Waals surface area contributed by atoms with Crippen LogP contribution in [0.5, 0.6) is 11.5 Å². The molecule has 2 aliphatic heterocycles. The Morgan fingerprint density at radius 3 is 2.89 bits per heavy atom. The molecule has 0 N–H and O–H groups in total. The number of methoxy groups -OCH3 is 1. The van der Waals surface area contributed by atoms with Gasteiger partial charge in [0.05, 0.1) is 30.5 Å². The van der Waals surface area contributed by atoms with Crippen LogP contribution in [0, 0.1) is 0 Å². The van der Waals surface area contributed by atoms with Gasteiger partial charge in [-0.3, -0.25) is 9.98 Å². The molecule has 1 aromatic heterocycles. The van der Waals surface area contributed by atoms with Crippen molar-refractivity contribution in [1.82, 2.24) is 9.88 Å². The summed E-state index contributed by atoms with van der Waals surface area (Å²) in [5.41, 5.74) is 2.02. The molecule has 1 saturated heterocycles. The Balaban J connectivity index is 1.80. The molecule has 0 amide bonds. The minimum absolute atomic E-state index is 0.0370. The van der Waals surface area contributed by atoms with Crippen LogP contribution < -0.4 is 9.47 Å². The molecule has 1 fully saturated rings. The zero-order valence-corrected chi connectivity index (χ0v) is 17.1. The Kier molecular flexibility index (Phi) is 5.19. The van der Waals surface area contributed by atoms with Gasteiger partial charge in [-0.05, 0) is 36.8 Å². The van der Waals surface area contributed by atoms with Crippen molar-refractivity contribution in [2.45, 2.75) is 31.2 Å². The van der Waals surface area contributed by atoms with Crippen molar-refractivity contribution in [1.29, 1.82) is 0 Å². The number of benzene rings is 1. The second-order valence-corrected chi connectivity index (χ2v) is 8.42. The van der Waals surface area contributed by atoms with E-state index < -0.39 is 0 Å². The lowest BCUT2D eigenvalue weighted by molar-refractivity contribution is 0.302. The van der Waals surface area contributed by atoms with Crippen molar-refractivity contribution in [3.8, 4) is 11.5 Å². The highest BCUT2D eigenvalue weighted by Crippen LogP contribution is 2.49. The lowest BCUT2D eigenvalue weighted by Gasteiger charge is -2.28. The molecule has 0 spiro atoms. The molecule has 3 atom stereocenters. The Labute approximate surface area is 168 Å². The highest BCUT2D eigenvalue weighted by atomic mass is 35.5. The lowest BCUT2D eigenvalue weighted by Crippen LogP contribution is -2.28. The molecule has 142 valence electrons. The maximum atomic E-state index is 6.53. The van der Waals surface area contributed by atoms with E-state index in [2.05, 4.69) is 16.8 Å². The molecule has 5 nitrogen and oxygen atoms in total. The van der Waals surface area contributed by atoms with Gasteiger partial charge in [-0.15, -0.1) is 0 Å². The number of amidine groups is 1. The molecule has 2 aliphatic rings. The van der Waals surface area contributed by atoms with E-state index in [1.165, 1.54) is 0 Å². The fraction of sp³-hybridized carbons (Fsp3) is 0.400. The van der Waals surface area contributed by atoms with E-state index in [0.717, 1.165) is 23.0 Å². The van der Waals surface area contributed by atoms with Crippen LogP contribution in [0.15, 0.2) is 41.5 Å². The first-order valence-electron chi connectivity index (χ1n) is 9.04. The fourth-order valence-corrected chi connectivity index (χ4v) is 5.09. The highest BCUT2D eigenvalue weighted by molar-refractivity contribution is 8.14. The SMILES string of the molecule is CCOc1cc(C2C(c3ccccn3)N=C3SC(C)CN32)cc(Cl)c1OC. The molecule has 4 rings (SSSR count). The maximum absolute atomic E-state index is 6.53. The predicted octanol–water partition coefficient (Wildman–Crippen LogP) is 4.73. The summed E-state index contributed by atoms with van der Waals surface area (Å²) in [7, 11) is 1.61. The first kappa shape index (κ1) is 18.4. The molecule has 2 aromatic rings. The molecule has 0 bridgehead atoms. The topological polar surface area (TPSA) is 47.0 Å². The van der Waals surface area contributed by atoms with Crippen LogP contribution in [0.3, 0.4) is 0 Å². The standard InChI is InChI=1S/C20H22ClN3O2S/c1-4-26-16-10-13(9-14(21)19(16)25-3)18-17(15-7-5-6-8-22-15)23-20-24(18)11-12(2)27-20/h5-10,12,17-18H,4,11H2,1-3H3. The van der Waals surface area contributed by atoms with Crippen LogP contribution in [0.4, 0.5) is 0 Å². The van der Waals surface area contributed by atoms with Crippen molar-refractivity contribution < 1.29 is 9.47 Å². The van der Waals surface area contributed by atoms with E-state index >= 15 is 0 Å². The Hall–Kier alpha value is -1.92. The lowest BCUT2D eigenvalue weighted by atomic mass is 9.96. The zero-order valence-electron chi connectivity index (χ0n) is 15.6. The third kappa shape index (κ3) is 3.36. The minimum atomic E-state index is -0.0693. The van der Waals surface area contributed by atoms with E-state index in [1.54, 1.807) is 7.11 Å². The predicted molar refractivity (Wildman–Crippen MR) is 110 cm³/mol. The molecule has 3 heterocycles. The average Bonchev–Trinajstić information content (AvgIpc) is 3.18. The Morgan fingerprint density at radius 1 is 1.33 bits per heavy atom. The number of halogens is 1. The number of hydrogen-bond acceptors (Lipinski definition) is 6. The minimum Gasteiger partial charge on any atom is -0.491 e. The van der Waals surface area contributed by atoms with Gasteiger partial charge in [-0.1, -0.05) is 36.4 Å². The Bertz CT molecular complexity index is 862. The van der Waals surface area contributed by atoms with Crippen molar-refractivity contribution in [3.63, 3.8) is 0 Å². The normalized spacial score (nSPS) is 23.9. The number of thioether (sulfide) groups is 1. The monoisotopic (exact) mass is 403 g/mol. The highest BCUT2D eigenvalue weighted by Gasteiger charge is 2.43. The van der Waals surface area contributed by atoms with Crippen molar-refractivity contribution in [2.75, 3.05) is 20.3 Å². The van der Waals surface area contributed by atoms with Gasteiger partial charge in [0.15, 0.2) is 16.7 Å². The number of fused-ring (bicyclic) bond motifs is 1. The summed E-state index contributed by atoms with van der Waals surface area (Å²) in [6, 6.07) is 9.93. The molecule has 0 radical (unpaired) electrons. The molecule has 27 heavy (non-hydrogen) atoms. The number of ether oxygens (including phenoxy) is 2. The van der Waals surface area contributed by atoms with E-state index in [-0.39, 0.29) is 12.1 Å². The summed E-state index contributed by atoms with van der Waals surface area (Å²) in [4.78, 5) is 11.9. The van der Waals surface area contributed by atoms with Gasteiger partial charge in [0, 0.05) is 18.0 Å². The summed E-state index contributed by atoms with van der Waals surface area (Å²) < 4.78 is 11.2. The third-order valence-electron chi connectivity index (χ3n) is 4.76. The number of pyridine rings is 1. The van der Waals surface area contributed by atoms with Crippen LogP contribution in [0.1, 0.15) is 37.2 Å². The van der Waals surface area contributed by atoms with Gasteiger partial charge in [0.25, 0.3) is 0 Å². The average molecular weight is 404 g/mol. The van der Waals surface area contributed by atoms with E-state index in [4.69, 9.17) is 26.1 Å². The maximum Gasteiger partial charge on any atom is 0.179 e. The van der Waals surface area contributed by atoms with Crippen molar-refractivity contribution in [3.05, 3.63) is 52.8 Å². The second kappa shape index (κ2) is 7.60. The fourth-order valence-electron chi connectivity index (χ4n) is 3.70.